The van der Waals surface area contributed by atoms with Crippen LogP contribution in [0.25, 0.3) is 0 Å². The molecule has 2 N–H and O–H groups in total. The highest BCUT2D eigenvalue weighted by atomic mass is 79.9. The number of carboxylic acid groups (broad SMARTS) is 1. The zero-order valence-corrected chi connectivity index (χ0v) is 18.4. The molecule has 1 heterocycles. The number of halogens is 3. The fourth-order valence-electron chi connectivity index (χ4n) is 4.59. The molecule has 3 atom stereocenters. The molecule has 0 unspecified atom stereocenters. The number of carboxylic acids is 1. The number of carbonyl (C=O) groups is 1. The maximum atomic E-state index is 15.1. The summed E-state index contributed by atoms with van der Waals surface area (Å²) in [6.45, 7) is 6.80. The maximum Gasteiger partial charge on any atom is 0.321 e. The maximum absolute atomic E-state index is 15.1. The highest BCUT2D eigenvalue weighted by Gasteiger charge is 2.54. The summed E-state index contributed by atoms with van der Waals surface area (Å²) in [4.78, 5) is 12.1. The zero-order valence-electron chi connectivity index (χ0n) is 16.1. The number of nitrogens with one attached hydrogen (secondary N) is 1. The van der Waals surface area contributed by atoms with Crippen molar-refractivity contribution in [3.8, 4) is 0 Å². The van der Waals surface area contributed by atoms with Gasteiger partial charge >= 0.3 is 5.97 Å². The summed E-state index contributed by atoms with van der Waals surface area (Å²) in [7, 11) is 0. The second-order valence-corrected chi connectivity index (χ2v) is 10.0. The molecule has 1 aliphatic heterocycles. The fourth-order valence-corrected chi connectivity index (χ4v) is 5.04. The molecule has 3 nitrogen and oxygen atoms in total. The minimum absolute atomic E-state index is 0.00834. The van der Waals surface area contributed by atoms with Crippen LogP contribution in [-0.2, 0) is 10.2 Å². The molecule has 0 radical (unpaired) electrons. The molecule has 0 spiro atoms. The molecular formula is C22H24BrClFNO2. The van der Waals surface area contributed by atoms with E-state index in [2.05, 4.69) is 42.0 Å². The van der Waals surface area contributed by atoms with Crippen molar-refractivity contribution in [1.82, 2.24) is 5.32 Å². The molecule has 0 amide bonds. The lowest BCUT2D eigenvalue weighted by Crippen LogP contribution is -2.41. The van der Waals surface area contributed by atoms with Crippen molar-refractivity contribution in [2.75, 3.05) is 6.54 Å². The Hall–Kier alpha value is -1.43. The number of benzene rings is 2. The van der Waals surface area contributed by atoms with Crippen LogP contribution in [0.1, 0.15) is 44.2 Å². The van der Waals surface area contributed by atoms with E-state index in [-0.39, 0.29) is 10.4 Å². The second-order valence-electron chi connectivity index (χ2n) is 8.72. The van der Waals surface area contributed by atoms with Crippen LogP contribution in [-0.4, -0.2) is 23.7 Å². The summed E-state index contributed by atoms with van der Waals surface area (Å²) in [6, 6.07) is 11.8. The van der Waals surface area contributed by atoms with Crippen LogP contribution in [0.5, 0.6) is 0 Å². The van der Waals surface area contributed by atoms with Crippen LogP contribution in [0.4, 0.5) is 4.39 Å². The topological polar surface area (TPSA) is 49.3 Å². The van der Waals surface area contributed by atoms with Gasteiger partial charge in [0.1, 0.15) is 11.9 Å². The van der Waals surface area contributed by atoms with E-state index in [0.29, 0.717) is 18.5 Å². The van der Waals surface area contributed by atoms with E-state index in [4.69, 9.17) is 11.6 Å². The average Bonchev–Trinajstić information content (AvgIpc) is 2.96. The highest BCUT2D eigenvalue weighted by molar-refractivity contribution is 9.10. The van der Waals surface area contributed by atoms with Crippen LogP contribution in [0.2, 0.25) is 5.02 Å². The number of hydrogen-bond acceptors (Lipinski definition) is 2. The summed E-state index contributed by atoms with van der Waals surface area (Å²) >= 11 is 9.53. The van der Waals surface area contributed by atoms with E-state index in [1.54, 1.807) is 12.1 Å². The number of aliphatic carboxylic acids is 1. The number of hydrogen-bond donors (Lipinski definition) is 2. The molecule has 28 heavy (non-hydrogen) atoms. The zero-order chi connectivity index (χ0) is 20.7. The van der Waals surface area contributed by atoms with Gasteiger partial charge in [-0.2, -0.15) is 0 Å². The van der Waals surface area contributed by atoms with Crippen molar-refractivity contribution in [3.05, 3.63) is 68.9 Å². The largest absolute Gasteiger partial charge is 0.480 e. The lowest BCUT2D eigenvalue weighted by Gasteiger charge is -2.41. The molecule has 6 heteroatoms. The first-order valence-corrected chi connectivity index (χ1v) is 10.4. The first-order chi connectivity index (χ1) is 13.0. The van der Waals surface area contributed by atoms with Gasteiger partial charge in [0.2, 0.25) is 0 Å². The lowest BCUT2D eigenvalue weighted by molar-refractivity contribution is -0.139. The van der Waals surface area contributed by atoms with Gasteiger partial charge in [0, 0.05) is 22.4 Å². The predicted molar refractivity (Wildman–Crippen MR) is 113 cm³/mol. The standard InChI is InChI=1S/C22H24BrClFNO2/c1-21(2,3)11-22(13-7-9-14(23)10-8-13)12-26-19(20(27)28)17(22)15-5-4-6-16(24)18(15)25/h4-10,17,19,26H,11-12H2,1-3H3,(H,27,28)/t17-,19+,22-/m0/s1. The van der Waals surface area contributed by atoms with E-state index in [9.17, 15) is 9.90 Å². The minimum atomic E-state index is -0.989. The van der Waals surface area contributed by atoms with E-state index in [1.807, 2.05) is 24.3 Å². The van der Waals surface area contributed by atoms with Gasteiger partial charge in [-0.25, -0.2) is 4.39 Å². The van der Waals surface area contributed by atoms with Crippen LogP contribution in [0, 0.1) is 11.2 Å². The van der Waals surface area contributed by atoms with E-state index >= 15 is 4.39 Å². The minimum Gasteiger partial charge on any atom is -0.480 e. The molecule has 0 bridgehead atoms. The van der Waals surface area contributed by atoms with Gasteiger partial charge < -0.3 is 10.4 Å². The first-order valence-electron chi connectivity index (χ1n) is 9.21. The Balaban J connectivity index is 2.27. The van der Waals surface area contributed by atoms with E-state index in [0.717, 1.165) is 10.0 Å². The molecular weight excluding hydrogens is 445 g/mol. The molecule has 150 valence electrons. The van der Waals surface area contributed by atoms with Crippen LogP contribution in [0.3, 0.4) is 0 Å². The first kappa shape index (κ1) is 21.3. The van der Waals surface area contributed by atoms with Crippen molar-refractivity contribution in [1.29, 1.82) is 0 Å². The Kier molecular flexibility index (Phi) is 5.91. The van der Waals surface area contributed by atoms with Crippen LogP contribution >= 0.6 is 27.5 Å². The van der Waals surface area contributed by atoms with Gasteiger partial charge in [-0.05, 0) is 41.2 Å². The predicted octanol–water partition coefficient (Wildman–Crippen LogP) is 5.76. The molecule has 1 fully saturated rings. The molecule has 0 saturated carbocycles. The molecule has 0 aliphatic carbocycles. The smallest absolute Gasteiger partial charge is 0.321 e. The SMILES string of the molecule is CC(C)(C)C[C@@]1(c2ccc(Br)cc2)CN[C@@H](C(=O)O)[C@@H]1c1cccc(Cl)c1F. The molecule has 2 aromatic rings. The van der Waals surface area contributed by atoms with E-state index in [1.165, 1.54) is 6.07 Å². The molecule has 3 rings (SSSR count). The third kappa shape index (κ3) is 3.98. The van der Waals surface area contributed by atoms with Gasteiger partial charge in [-0.3, -0.25) is 4.79 Å². The number of rotatable bonds is 4. The molecule has 1 saturated heterocycles. The molecule has 0 aromatic heterocycles. The average molecular weight is 469 g/mol. The van der Waals surface area contributed by atoms with Gasteiger partial charge in [0.05, 0.1) is 5.02 Å². The Morgan fingerprint density at radius 2 is 1.93 bits per heavy atom. The summed E-state index contributed by atoms with van der Waals surface area (Å²) in [5.74, 6) is -2.12. The summed E-state index contributed by atoms with van der Waals surface area (Å²) in [5.41, 5.74) is 0.645. The fraction of sp³-hybridized carbons (Fsp3) is 0.409. The third-order valence-corrected chi connectivity index (χ3v) is 6.23. The monoisotopic (exact) mass is 467 g/mol. The van der Waals surface area contributed by atoms with Gasteiger partial charge in [0.15, 0.2) is 0 Å². The van der Waals surface area contributed by atoms with Crippen molar-refractivity contribution in [2.45, 2.75) is 44.6 Å². The Morgan fingerprint density at radius 3 is 2.50 bits per heavy atom. The van der Waals surface area contributed by atoms with Gasteiger partial charge in [0.25, 0.3) is 0 Å². The van der Waals surface area contributed by atoms with Crippen LogP contribution in [0.15, 0.2) is 46.9 Å². The van der Waals surface area contributed by atoms with Crippen LogP contribution < -0.4 is 5.32 Å². The Labute approximate surface area is 178 Å². The van der Waals surface area contributed by atoms with Crippen molar-refractivity contribution >= 4 is 33.5 Å². The normalized spacial score (nSPS) is 25.1. The summed E-state index contributed by atoms with van der Waals surface area (Å²) in [6.07, 6.45) is 0.690. The Bertz CT molecular complexity index is 881. The third-order valence-electron chi connectivity index (χ3n) is 5.41. The van der Waals surface area contributed by atoms with E-state index < -0.39 is 29.2 Å². The van der Waals surface area contributed by atoms with Crippen molar-refractivity contribution < 1.29 is 14.3 Å². The van der Waals surface area contributed by atoms with Gasteiger partial charge in [-0.15, -0.1) is 0 Å². The molecule has 2 aromatic carbocycles. The molecule has 1 aliphatic rings. The van der Waals surface area contributed by atoms with Crippen molar-refractivity contribution in [3.63, 3.8) is 0 Å². The second kappa shape index (κ2) is 7.77. The summed E-state index contributed by atoms with van der Waals surface area (Å²) < 4.78 is 16.0. The van der Waals surface area contributed by atoms with Gasteiger partial charge in [-0.1, -0.05) is 72.6 Å². The van der Waals surface area contributed by atoms with Crippen molar-refractivity contribution in [2.24, 2.45) is 5.41 Å². The summed E-state index contributed by atoms with van der Waals surface area (Å²) in [5, 5.41) is 13.1. The Morgan fingerprint density at radius 1 is 1.29 bits per heavy atom. The highest BCUT2D eigenvalue weighted by Crippen LogP contribution is 2.52. The lowest BCUT2D eigenvalue weighted by atomic mass is 9.61. The quantitative estimate of drug-likeness (QED) is 0.600.